The minimum Gasteiger partial charge on any atom is -0.481 e. The molecule has 0 spiro atoms. The van der Waals surface area contributed by atoms with E-state index < -0.39 is 48.2 Å². The summed E-state index contributed by atoms with van der Waals surface area (Å²) in [5.74, 6) is -9.20. The summed E-state index contributed by atoms with van der Waals surface area (Å²) >= 11 is 0. The van der Waals surface area contributed by atoms with E-state index in [1.54, 1.807) is 0 Å². The first-order valence-electron chi connectivity index (χ1n) is 11.1. The molecule has 0 saturated heterocycles. The van der Waals surface area contributed by atoms with Gasteiger partial charge in [-0.15, -0.1) is 0 Å². The molecule has 2 amide bonds. The second kappa shape index (κ2) is 9.04. The van der Waals surface area contributed by atoms with Crippen molar-refractivity contribution in [3.8, 4) is 11.1 Å². The largest absolute Gasteiger partial charge is 0.481 e. The van der Waals surface area contributed by atoms with Crippen molar-refractivity contribution in [3.05, 3.63) is 59.7 Å². The predicted octanol–water partition coefficient (Wildman–Crippen LogP) is 3.59. The van der Waals surface area contributed by atoms with E-state index in [0.29, 0.717) is 0 Å². The average Bonchev–Trinajstić information content (AvgIpc) is 3.21. The molecule has 2 aliphatic carbocycles. The zero-order valence-corrected chi connectivity index (χ0v) is 18.8. The van der Waals surface area contributed by atoms with Crippen LogP contribution < -0.4 is 5.32 Å². The van der Waals surface area contributed by atoms with E-state index in [2.05, 4.69) is 5.32 Å². The van der Waals surface area contributed by atoms with E-state index in [1.807, 2.05) is 48.5 Å². The molecule has 0 radical (unpaired) electrons. The summed E-state index contributed by atoms with van der Waals surface area (Å²) in [4.78, 5) is 36.6. The van der Waals surface area contributed by atoms with Gasteiger partial charge in [-0.2, -0.15) is 0 Å². The van der Waals surface area contributed by atoms with Crippen LogP contribution in [0.2, 0.25) is 0 Å². The van der Waals surface area contributed by atoms with Crippen molar-refractivity contribution in [3.63, 3.8) is 0 Å². The van der Waals surface area contributed by atoms with E-state index >= 15 is 0 Å². The number of rotatable bonds is 8. The highest BCUT2D eigenvalue weighted by molar-refractivity contribution is 5.84. The Morgan fingerprint density at radius 1 is 1.09 bits per heavy atom. The zero-order chi connectivity index (χ0) is 24.6. The first-order valence-corrected chi connectivity index (χ1v) is 11.1. The SMILES string of the molecule is CC(CN(C)C(=O)C1C(CNC(=O)OCC2c3ccccc3-c3ccccc32)C1(F)F)C(=O)O. The Morgan fingerprint density at radius 2 is 1.65 bits per heavy atom. The van der Waals surface area contributed by atoms with Crippen molar-refractivity contribution in [2.75, 3.05) is 26.7 Å². The maximum absolute atomic E-state index is 14.2. The van der Waals surface area contributed by atoms with Gasteiger partial charge in [-0.25, -0.2) is 13.6 Å². The van der Waals surface area contributed by atoms with E-state index in [-0.39, 0.29) is 19.1 Å². The van der Waals surface area contributed by atoms with Gasteiger partial charge in [-0.1, -0.05) is 55.5 Å². The topological polar surface area (TPSA) is 95.9 Å². The number of nitrogens with zero attached hydrogens (tertiary/aromatic N) is 1. The highest BCUT2D eigenvalue weighted by Crippen LogP contribution is 2.55. The van der Waals surface area contributed by atoms with Crippen LogP contribution in [0, 0.1) is 17.8 Å². The summed E-state index contributed by atoms with van der Waals surface area (Å²) in [7, 11) is 1.30. The average molecular weight is 472 g/mol. The van der Waals surface area contributed by atoms with Crippen molar-refractivity contribution < 1.29 is 33.0 Å². The van der Waals surface area contributed by atoms with E-state index in [0.717, 1.165) is 27.2 Å². The van der Waals surface area contributed by atoms with Crippen LogP contribution in [0.15, 0.2) is 48.5 Å². The van der Waals surface area contributed by atoms with Crippen LogP contribution in [-0.2, 0) is 14.3 Å². The highest BCUT2D eigenvalue weighted by atomic mass is 19.3. The molecule has 1 saturated carbocycles. The molecule has 2 aromatic carbocycles. The van der Waals surface area contributed by atoms with Gasteiger partial charge in [0.05, 0.1) is 11.8 Å². The number of ether oxygens (including phenoxy) is 1. The molecule has 4 rings (SSSR count). The van der Waals surface area contributed by atoms with Crippen molar-refractivity contribution >= 4 is 18.0 Å². The number of fused-ring (bicyclic) bond motifs is 3. The maximum atomic E-state index is 14.2. The fourth-order valence-corrected chi connectivity index (χ4v) is 4.64. The van der Waals surface area contributed by atoms with Crippen LogP contribution in [0.3, 0.4) is 0 Å². The van der Waals surface area contributed by atoms with Gasteiger partial charge in [0.15, 0.2) is 0 Å². The number of nitrogens with one attached hydrogen (secondary N) is 1. The normalized spacial score (nSPS) is 20.6. The number of alkyl halides is 2. The summed E-state index contributed by atoms with van der Waals surface area (Å²) in [6.45, 7) is 0.863. The van der Waals surface area contributed by atoms with Gasteiger partial charge in [-0.05, 0) is 22.3 Å². The van der Waals surface area contributed by atoms with Gasteiger partial charge in [0.1, 0.15) is 12.5 Å². The Labute approximate surface area is 195 Å². The van der Waals surface area contributed by atoms with Gasteiger partial charge in [0.2, 0.25) is 5.91 Å². The number of carbonyl (C=O) groups excluding carboxylic acids is 2. The van der Waals surface area contributed by atoms with Crippen LogP contribution in [0.25, 0.3) is 11.1 Å². The van der Waals surface area contributed by atoms with Crippen molar-refractivity contribution in [2.45, 2.75) is 18.8 Å². The van der Waals surface area contributed by atoms with Crippen molar-refractivity contribution in [1.82, 2.24) is 10.2 Å². The number of carbonyl (C=O) groups is 3. The minimum atomic E-state index is -3.27. The third kappa shape index (κ3) is 4.34. The molecule has 3 unspecified atom stereocenters. The third-order valence-corrected chi connectivity index (χ3v) is 6.62. The van der Waals surface area contributed by atoms with E-state index in [1.165, 1.54) is 14.0 Å². The maximum Gasteiger partial charge on any atom is 0.407 e. The first-order chi connectivity index (χ1) is 16.1. The molecule has 0 aliphatic heterocycles. The van der Waals surface area contributed by atoms with Crippen molar-refractivity contribution in [2.24, 2.45) is 17.8 Å². The Balaban J connectivity index is 1.31. The third-order valence-electron chi connectivity index (χ3n) is 6.62. The summed E-state index contributed by atoms with van der Waals surface area (Å²) < 4.78 is 33.8. The lowest BCUT2D eigenvalue weighted by Crippen LogP contribution is -2.36. The molecule has 7 nitrogen and oxygen atoms in total. The summed E-state index contributed by atoms with van der Waals surface area (Å²) in [6.07, 6.45) is -0.830. The number of amides is 2. The molecule has 2 aromatic rings. The van der Waals surface area contributed by atoms with Gasteiger partial charge in [-0.3, -0.25) is 9.59 Å². The molecular weight excluding hydrogens is 446 g/mol. The standard InChI is InChI=1S/C25H26F2N2O5/c1-14(23(31)32)12-29(2)22(30)21-20(25(21,26)27)11-28-24(33)34-13-19-17-9-5-3-7-15(17)16-8-4-6-10-18(16)19/h3-10,14,19-21H,11-13H2,1-2H3,(H,28,33)(H,31,32). The lowest BCUT2D eigenvalue weighted by atomic mass is 9.98. The van der Waals surface area contributed by atoms with Gasteiger partial charge in [0.25, 0.3) is 5.92 Å². The lowest BCUT2D eigenvalue weighted by molar-refractivity contribution is -0.143. The number of halogens is 2. The number of carboxylic acids is 1. The number of carboxylic acid groups (broad SMARTS) is 1. The van der Waals surface area contributed by atoms with Gasteiger partial charge >= 0.3 is 12.1 Å². The van der Waals surface area contributed by atoms with Crippen molar-refractivity contribution in [1.29, 1.82) is 0 Å². The quantitative estimate of drug-likeness (QED) is 0.612. The smallest absolute Gasteiger partial charge is 0.407 e. The monoisotopic (exact) mass is 472 g/mol. The van der Waals surface area contributed by atoms with Crippen LogP contribution in [0.4, 0.5) is 13.6 Å². The Kier molecular flexibility index (Phi) is 6.29. The van der Waals surface area contributed by atoms with Crippen LogP contribution in [-0.4, -0.2) is 60.6 Å². The lowest BCUT2D eigenvalue weighted by Gasteiger charge is -2.19. The first kappa shape index (κ1) is 23.7. The number of hydrogen-bond donors (Lipinski definition) is 2. The van der Waals surface area contributed by atoms with E-state index in [4.69, 9.17) is 9.84 Å². The van der Waals surface area contributed by atoms with Crippen LogP contribution in [0.5, 0.6) is 0 Å². The Bertz CT molecular complexity index is 1080. The zero-order valence-electron chi connectivity index (χ0n) is 18.8. The number of benzene rings is 2. The summed E-state index contributed by atoms with van der Waals surface area (Å²) in [5, 5.41) is 11.3. The molecule has 34 heavy (non-hydrogen) atoms. The molecular formula is C25H26F2N2O5. The highest BCUT2D eigenvalue weighted by Gasteiger charge is 2.72. The molecule has 0 aromatic heterocycles. The van der Waals surface area contributed by atoms with Gasteiger partial charge < -0.3 is 20.1 Å². The second-order valence-corrected chi connectivity index (χ2v) is 8.92. The Hall–Kier alpha value is -3.49. The Morgan fingerprint density at radius 3 is 2.21 bits per heavy atom. The molecule has 0 heterocycles. The summed E-state index contributed by atoms with van der Waals surface area (Å²) in [6, 6.07) is 15.7. The predicted molar refractivity (Wildman–Crippen MR) is 119 cm³/mol. The molecule has 2 aliphatic rings. The summed E-state index contributed by atoms with van der Waals surface area (Å²) in [5.41, 5.74) is 4.23. The molecule has 3 atom stereocenters. The van der Waals surface area contributed by atoms with Crippen LogP contribution >= 0.6 is 0 Å². The molecule has 2 N–H and O–H groups in total. The molecule has 9 heteroatoms. The minimum absolute atomic E-state index is 0.0547. The number of aliphatic carboxylic acids is 1. The molecule has 180 valence electrons. The second-order valence-electron chi connectivity index (χ2n) is 8.92. The van der Waals surface area contributed by atoms with E-state index in [9.17, 15) is 23.2 Å². The number of alkyl carbamates (subject to hydrolysis) is 1. The molecule has 0 bridgehead atoms. The van der Waals surface area contributed by atoms with Gasteiger partial charge in [0, 0.05) is 26.1 Å². The number of hydrogen-bond acceptors (Lipinski definition) is 4. The van der Waals surface area contributed by atoms with Crippen LogP contribution in [0.1, 0.15) is 24.0 Å². The molecule has 1 fully saturated rings. The fourth-order valence-electron chi connectivity index (χ4n) is 4.64. The fraction of sp³-hybridized carbons (Fsp3) is 0.400.